The van der Waals surface area contributed by atoms with Gasteiger partial charge in [-0.2, -0.15) is 0 Å². The molecule has 3 amide bonds. The van der Waals surface area contributed by atoms with Gasteiger partial charge in [-0.25, -0.2) is 0 Å². The lowest BCUT2D eigenvalue weighted by molar-refractivity contribution is -0.137. The molecule has 2 fully saturated rings. The summed E-state index contributed by atoms with van der Waals surface area (Å²) in [4.78, 5) is 41.1. The second kappa shape index (κ2) is 9.19. The number of carbonyl (C=O) groups excluding carboxylic acids is 3. The molecule has 2 unspecified atom stereocenters. The summed E-state index contributed by atoms with van der Waals surface area (Å²) >= 11 is 0. The molecule has 0 aromatic heterocycles. The third-order valence-electron chi connectivity index (χ3n) is 5.56. The van der Waals surface area contributed by atoms with Crippen molar-refractivity contribution in [3.63, 3.8) is 0 Å². The fraction of sp³-hybridized carbons (Fsp3) is 0.571. The SMILES string of the molecule is CC(=O)N1CC(N(CCc2ccccc2)C(=O)C2CC2)CC1C(=O)NCCN. The first-order chi connectivity index (χ1) is 13.5. The highest BCUT2D eigenvalue weighted by Gasteiger charge is 2.44. The molecule has 1 heterocycles. The zero-order chi connectivity index (χ0) is 20.1. The maximum absolute atomic E-state index is 12.9. The molecule has 7 heteroatoms. The number of amides is 3. The van der Waals surface area contributed by atoms with E-state index in [1.807, 2.05) is 23.1 Å². The van der Waals surface area contributed by atoms with Gasteiger partial charge in [-0.1, -0.05) is 30.3 Å². The van der Waals surface area contributed by atoms with Gasteiger partial charge in [-0.15, -0.1) is 0 Å². The van der Waals surface area contributed by atoms with Crippen molar-refractivity contribution in [1.82, 2.24) is 15.1 Å². The van der Waals surface area contributed by atoms with Crippen LogP contribution < -0.4 is 11.1 Å². The number of carbonyl (C=O) groups is 3. The zero-order valence-corrected chi connectivity index (χ0v) is 16.5. The van der Waals surface area contributed by atoms with Gasteiger partial charge in [0.1, 0.15) is 6.04 Å². The van der Waals surface area contributed by atoms with E-state index in [4.69, 9.17) is 5.73 Å². The Bertz CT molecular complexity index is 705. The molecule has 0 bridgehead atoms. The molecular weight excluding hydrogens is 356 g/mol. The van der Waals surface area contributed by atoms with Gasteiger partial charge < -0.3 is 20.9 Å². The number of nitrogens with one attached hydrogen (secondary N) is 1. The predicted octanol–water partition coefficient (Wildman–Crippen LogP) is 0.532. The van der Waals surface area contributed by atoms with Crippen molar-refractivity contribution < 1.29 is 14.4 Å². The summed E-state index contributed by atoms with van der Waals surface area (Å²) < 4.78 is 0. The fourth-order valence-corrected chi connectivity index (χ4v) is 3.88. The Morgan fingerprint density at radius 2 is 1.93 bits per heavy atom. The first kappa shape index (κ1) is 20.3. The largest absolute Gasteiger partial charge is 0.353 e. The molecule has 2 aliphatic rings. The minimum Gasteiger partial charge on any atom is -0.353 e. The molecule has 3 rings (SSSR count). The van der Waals surface area contributed by atoms with Gasteiger partial charge >= 0.3 is 0 Å². The highest BCUT2D eigenvalue weighted by molar-refractivity contribution is 5.88. The molecule has 0 radical (unpaired) electrons. The van der Waals surface area contributed by atoms with E-state index in [9.17, 15) is 14.4 Å². The molecule has 152 valence electrons. The molecule has 2 atom stereocenters. The Morgan fingerprint density at radius 3 is 2.54 bits per heavy atom. The average molecular weight is 386 g/mol. The minimum atomic E-state index is -0.541. The number of rotatable bonds is 8. The molecule has 3 N–H and O–H groups in total. The van der Waals surface area contributed by atoms with Crippen LogP contribution in [0.4, 0.5) is 0 Å². The van der Waals surface area contributed by atoms with Crippen LogP contribution >= 0.6 is 0 Å². The van der Waals surface area contributed by atoms with Crippen molar-refractivity contribution in [2.75, 3.05) is 26.2 Å². The maximum Gasteiger partial charge on any atom is 0.242 e. The van der Waals surface area contributed by atoms with Gasteiger partial charge in [-0.05, 0) is 31.2 Å². The molecule has 0 spiro atoms. The number of benzene rings is 1. The zero-order valence-electron chi connectivity index (χ0n) is 16.5. The summed E-state index contributed by atoms with van der Waals surface area (Å²) in [5, 5.41) is 2.78. The van der Waals surface area contributed by atoms with Crippen molar-refractivity contribution in [2.24, 2.45) is 11.7 Å². The molecular formula is C21H30N4O3. The Kier molecular flexibility index (Phi) is 6.67. The number of hydrogen-bond donors (Lipinski definition) is 2. The summed E-state index contributed by atoms with van der Waals surface area (Å²) in [5.74, 6) is -0.0681. The van der Waals surface area contributed by atoms with E-state index in [0.717, 1.165) is 19.3 Å². The quantitative estimate of drug-likeness (QED) is 0.681. The summed E-state index contributed by atoms with van der Waals surface area (Å²) in [6, 6.07) is 9.40. The summed E-state index contributed by atoms with van der Waals surface area (Å²) in [6.07, 6.45) is 3.11. The number of nitrogens with zero attached hydrogens (tertiary/aromatic N) is 2. The van der Waals surface area contributed by atoms with Gasteiger partial charge in [0, 0.05) is 39.0 Å². The van der Waals surface area contributed by atoms with Crippen molar-refractivity contribution in [3.05, 3.63) is 35.9 Å². The van der Waals surface area contributed by atoms with Crippen LogP contribution in [0.2, 0.25) is 0 Å². The number of likely N-dealkylation sites (tertiary alicyclic amines) is 1. The predicted molar refractivity (Wildman–Crippen MR) is 106 cm³/mol. The molecule has 1 aliphatic heterocycles. The highest BCUT2D eigenvalue weighted by Crippen LogP contribution is 2.33. The standard InChI is InChI=1S/C21H30N4O3/c1-15(26)25-14-18(13-19(25)20(27)23-11-10-22)24(21(28)17-7-8-17)12-9-16-5-3-2-4-6-16/h2-6,17-19H,7-14,22H2,1H3,(H,23,27). The van der Waals surface area contributed by atoms with Crippen LogP contribution in [-0.2, 0) is 20.8 Å². The third-order valence-corrected chi connectivity index (χ3v) is 5.56. The lowest BCUT2D eigenvalue weighted by Crippen LogP contribution is -2.46. The Balaban J connectivity index is 1.72. The molecule has 1 aliphatic carbocycles. The lowest BCUT2D eigenvalue weighted by Gasteiger charge is -2.29. The first-order valence-electron chi connectivity index (χ1n) is 10.1. The van der Waals surface area contributed by atoms with Gasteiger partial charge in [0.05, 0.1) is 6.04 Å². The first-order valence-corrected chi connectivity index (χ1v) is 10.1. The molecule has 7 nitrogen and oxygen atoms in total. The van der Waals surface area contributed by atoms with E-state index >= 15 is 0 Å². The van der Waals surface area contributed by atoms with Crippen LogP contribution in [0.15, 0.2) is 30.3 Å². The second-order valence-corrected chi connectivity index (χ2v) is 7.70. The molecule has 1 aromatic rings. The molecule has 1 aromatic carbocycles. The van der Waals surface area contributed by atoms with Gasteiger partial charge in [0.2, 0.25) is 17.7 Å². The van der Waals surface area contributed by atoms with Crippen molar-refractivity contribution >= 4 is 17.7 Å². The molecule has 1 saturated carbocycles. The van der Waals surface area contributed by atoms with Crippen LogP contribution in [0.5, 0.6) is 0 Å². The van der Waals surface area contributed by atoms with Gasteiger partial charge in [-0.3, -0.25) is 14.4 Å². The van der Waals surface area contributed by atoms with Crippen LogP contribution in [-0.4, -0.2) is 65.8 Å². The monoisotopic (exact) mass is 386 g/mol. The molecule has 28 heavy (non-hydrogen) atoms. The van der Waals surface area contributed by atoms with Crippen molar-refractivity contribution in [2.45, 2.75) is 44.7 Å². The highest BCUT2D eigenvalue weighted by atomic mass is 16.2. The maximum atomic E-state index is 12.9. The van der Waals surface area contributed by atoms with Gasteiger partial charge in [0.15, 0.2) is 0 Å². The average Bonchev–Trinajstić information content (AvgIpc) is 3.45. The smallest absolute Gasteiger partial charge is 0.242 e. The van der Waals surface area contributed by atoms with E-state index in [1.165, 1.54) is 12.5 Å². The minimum absolute atomic E-state index is 0.103. The van der Waals surface area contributed by atoms with Crippen LogP contribution in [0.25, 0.3) is 0 Å². The van der Waals surface area contributed by atoms with E-state index in [-0.39, 0.29) is 29.7 Å². The van der Waals surface area contributed by atoms with Crippen LogP contribution in [0.1, 0.15) is 31.7 Å². The summed E-state index contributed by atoms with van der Waals surface area (Å²) in [5.41, 5.74) is 6.65. The van der Waals surface area contributed by atoms with E-state index in [2.05, 4.69) is 17.4 Å². The van der Waals surface area contributed by atoms with Crippen molar-refractivity contribution in [3.8, 4) is 0 Å². The Hall–Kier alpha value is -2.41. The Morgan fingerprint density at radius 1 is 1.21 bits per heavy atom. The number of nitrogens with two attached hydrogens (primary N) is 1. The van der Waals surface area contributed by atoms with Crippen LogP contribution in [0.3, 0.4) is 0 Å². The Labute approximate surface area is 166 Å². The number of hydrogen-bond acceptors (Lipinski definition) is 4. The lowest BCUT2D eigenvalue weighted by atomic mass is 10.1. The molecule has 1 saturated heterocycles. The fourth-order valence-electron chi connectivity index (χ4n) is 3.88. The van der Waals surface area contributed by atoms with Crippen molar-refractivity contribution in [1.29, 1.82) is 0 Å². The van der Waals surface area contributed by atoms with Gasteiger partial charge in [0.25, 0.3) is 0 Å². The van der Waals surface area contributed by atoms with E-state index < -0.39 is 6.04 Å². The van der Waals surface area contributed by atoms with E-state index in [1.54, 1.807) is 4.90 Å². The third kappa shape index (κ3) is 4.90. The van der Waals surface area contributed by atoms with Crippen LogP contribution in [0, 0.1) is 5.92 Å². The van der Waals surface area contributed by atoms with E-state index in [0.29, 0.717) is 32.6 Å². The topological polar surface area (TPSA) is 95.7 Å². The summed E-state index contributed by atoms with van der Waals surface area (Å²) in [7, 11) is 0. The second-order valence-electron chi connectivity index (χ2n) is 7.70. The summed E-state index contributed by atoms with van der Waals surface area (Å²) in [6.45, 7) is 3.22. The normalized spacial score (nSPS) is 21.4.